The van der Waals surface area contributed by atoms with Crippen molar-refractivity contribution in [1.82, 2.24) is 0 Å². The van der Waals surface area contributed by atoms with Gasteiger partial charge in [0.1, 0.15) is 0 Å². The Morgan fingerprint density at radius 3 is 2.62 bits per heavy atom. The minimum absolute atomic E-state index is 0.367. The number of hydrogen-bond acceptors (Lipinski definition) is 3. The van der Waals surface area contributed by atoms with E-state index in [2.05, 4.69) is 0 Å². The standard InChI is InChI=1S/C12H20O4/c13-11(14)12(9-16-12)7-4-8-15-10-5-2-1-3-6-10/h10H,1-9H2,(H,13,14). The quantitative estimate of drug-likeness (QED) is 0.557. The molecule has 1 saturated carbocycles. The van der Waals surface area contributed by atoms with Crippen molar-refractivity contribution in [1.29, 1.82) is 0 Å². The number of carboxylic acids is 1. The molecule has 0 radical (unpaired) electrons. The zero-order valence-electron chi connectivity index (χ0n) is 9.61. The summed E-state index contributed by atoms with van der Waals surface area (Å²) in [5.74, 6) is -0.829. The zero-order chi connectivity index (χ0) is 11.4. The van der Waals surface area contributed by atoms with Gasteiger partial charge in [-0.2, -0.15) is 0 Å². The molecule has 1 aliphatic carbocycles. The maximum Gasteiger partial charge on any atom is 0.338 e. The lowest BCUT2D eigenvalue weighted by Gasteiger charge is -2.22. The summed E-state index contributed by atoms with van der Waals surface area (Å²) in [5, 5.41) is 8.89. The Bertz CT molecular complexity index is 241. The third-order valence-corrected chi connectivity index (χ3v) is 3.51. The number of carboxylic acid groups (broad SMARTS) is 1. The summed E-state index contributed by atoms with van der Waals surface area (Å²) in [6.45, 7) is 1.04. The van der Waals surface area contributed by atoms with Crippen LogP contribution in [0.3, 0.4) is 0 Å². The Labute approximate surface area is 95.9 Å². The average molecular weight is 228 g/mol. The van der Waals surface area contributed by atoms with Gasteiger partial charge in [0.25, 0.3) is 0 Å². The van der Waals surface area contributed by atoms with Crippen LogP contribution >= 0.6 is 0 Å². The second-order valence-electron chi connectivity index (χ2n) is 4.82. The number of aliphatic carboxylic acids is 1. The normalized spacial score (nSPS) is 30.2. The predicted molar refractivity (Wildman–Crippen MR) is 58.4 cm³/mol. The van der Waals surface area contributed by atoms with Crippen LogP contribution < -0.4 is 0 Å². The van der Waals surface area contributed by atoms with Crippen molar-refractivity contribution < 1.29 is 19.4 Å². The Kier molecular flexibility index (Phi) is 3.82. The molecule has 92 valence electrons. The van der Waals surface area contributed by atoms with E-state index in [0.717, 1.165) is 6.42 Å². The Hall–Kier alpha value is -0.610. The van der Waals surface area contributed by atoms with Gasteiger partial charge in [0.2, 0.25) is 0 Å². The Morgan fingerprint density at radius 2 is 2.06 bits per heavy atom. The van der Waals surface area contributed by atoms with Gasteiger partial charge in [-0.25, -0.2) is 4.79 Å². The Balaban J connectivity index is 1.56. The monoisotopic (exact) mass is 228 g/mol. The van der Waals surface area contributed by atoms with Crippen molar-refractivity contribution in [3.05, 3.63) is 0 Å². The topological polar surface area (TPSA) is 59.1 Å². The predicted octanol–water partition coefficient (Wildman–Crippen LogP) is 1.97. The maximum atomic E-state index is 10.8. The van der Waals surface area contributed by atoms with E-state index in [0.29, 0.717) is 25.7 Å². The van der Waals surface area contributed by atoms with E-state index >= 15 is 0 Å². The van der Waals surface area contributed by atoms with E-state index in [1.54, 1.807) is 0 Å². The van der Waals surface area contributed by atoms with Crippen molar-refractivity contribution >= 4 is 5.97 Å². The van der Waals surface area contributed by atoms with Gasteiger partial charge in [0, 0.05) is 6.61 Å². The molecule has 1 saturated heterocycles. The highest BCUT2D eigenvalue weighted by Gasteiger charge is 2.51. The zero-order valence-corrected chi connectivity index (χ0v) is 9.61. The average Bonchev–Trinajstić information content (AvgIpc) is 3.07. The van der Waals surface area contributed by atoms with Crippen molar-refractivity contribution in [3.8, 4) is 0 Å². The van der Waals surface area contributed by atoms with Gasteiger partial charge in [-0.1, -0.05) is 19.3 Å². The van der Waals surface area contributed by atoms with Gasteiger partial charge in [-0.15, -0.1) is 0 Å². The molecule has 2 rings (SSSR count). The van der Waals surface area contributed by atoms with Crippen LogP contribution in [0.5, 0.6) is 0 Å². The lowest BCUT2D eigenvalue weighted by molar-refractivity contribution is -0.143. The van der Waals surface area contributed by atoms with E-state index in [-0.39, 0.29) is 0 Å². The van der Waals surface area contributed by atoms with E-state index in [4.69, 9.17) is 14.6 Å². The number of epoxide rings is 1. The van der Waals surface area contributed by atoms with Gasteiger partial charge in [-0.05, 0) is 25.7 Å². The third-order valence-electron chi connectivity index (χ3n) is 3.51. The molecule has 4 nitrogen and oxygen atoms in total. The van der Waals surface area contributed by atoms with Gasteiger partial charge >= 0.3 is 5.97 Å². The third kappa shape index (κ3) is 2.95. The van der Waals surface area contributed by atoms with E-state index in [1.807, 2.05) is 0 Å². The van der Waals surface area contributed by atoms with Crippen LogP contribution in [0.15, 0.2) is 0 Å². The molecule has 1 N–H and O–H groups in total. The maximum absolute atomic E-state index is 10.8. The number of ether oxygens (including phenoxy) is 2. The Morgan fingerprint density at radius 1 is 1.38 bits per heavy atom. The first-order valence-electron chi connectivity index (χ1n) is 6.22. The molecule has 0 aromatic carbocycles. The SMILES string of the molecule is O=C(O)C1(CCCOC2CCCCC2)CO1. The summed E-state index contributed by atoms with van der Waals surface area (Å²) in [6.07, 6.45) is 7.98. The van der Waals surface area contributed by atoms with Gasteiger partial charge in [0.05, 0.1) is 12.7 Å². The fourth-order valence-corrected chi connectivity index (χ4v) is 2.30. The van der Waals surface area contributed by atoms with Crippen molar-refractivity contribution in [3.63, 3.8) is 0 Å². The largest absolute Gasteiger partial charge is 0.479 e. The van der Waals surface area contributed by atoms with Crippen LogP contribution in [0.4, 0.5) is 0 Å². The summed E-state index contributed by atoms with van der Waals surface area (Å²) < 4.78 is 10.7. The van der Waals surface area contributed by atoms with Crippen molar-refractivity contribution in [2.45, 2.75) is 56.7 Å². The minimum atomic E-state index is -0.865. The molecule has 1 atom stereocenters. The molecule has 0 aromatic rings. The molecule has 1 unspecified atom stereocenters. The van der Waals surface area contributed by atoms with Gasteiger partial charge in [-0.3, -0.25) is 0 Å². The molecule has 2 aliphatic rings. The fourth-order valence-electron chi connectivity index (χ4n) is 2.30. The molecule has 0 bridgehead atoms. The summed E-state index contributed by atoms with van der Waals surface area (Å²) in [6, 6.07) is 0. The summed E-state index contributed by atoms with van der Waals surface area (Å²) in [5.41, 5.74) is -0.865. The first kappa shape index (κ1) is 11.9. The summed E-state index contributed by atoms with van der Waals surface area (Å²) >= 11 is 0. The molecule has 1 heterocycles. The van der Waals surface area contributed by atoms with Gasteiger partial charge < -0.3 is 14.6 Å². The number of hydrogen-bond donors (Lipinski definition) is 1. The molecule has 0 aromatic heterocycles. The van der Waals surface area contributed by atoms with Gasteiger partial charge in [0.15, 0.2) is 5.60 Å². The lowest BCUT2D eigenvalue weighted by atomic mass is 9.98. The van der Waals surface area contributed by atoms with Crippen molar-refractivity contribution in [2.24, 2.45) is 0 Å². The summed E-state index contributed by atoms with van der Waals surface area (Å²) in [7, 11) is 0. The van der Waals surface area contributed by atoms with Crippen LogP contribution in [0, 0.1) is 0 Å². The van der Waals surface area contributed by atoms with Crippen LogP contribution in [0.2, 0.25) is 0 Å². The molecule has 0 spiro atoms. The molecule has 1 aliphatic heterocycles. The second-order valence-corrected chi connectivity index (χ2v) is 4.82. The van der Waals surface area contributed by atoms with Crippen LogP contribution in [0.1, 0.15) is 44.9 Å². The molecule has 16 heavy (non-hydrogen) atoms. The van der Waals surface area contributed by atoms with Crippen LogP contribution in [-0.4, -0.2) is 36.0 Å². The van der Waals surface area contributed by atoms with Crippen LogP contribution in [-0.2, 0) is 14.3 Å². The van der Waals surface area contributed by atoms with E-state index < -0.39 is 11.6 Å². The lowest BCUT2D eigenvalue weighted by Crippen LogP contribution is -2.25. The van der Waals surface area contributed by atoms with Crippen LogP contribution in [0.25, 0.3) is 0 Å². The second kappa shape index (κ2) is 5.15. The molecule has 0 amide bonds. The minimum Gasteiger partial charge on any atom is -0.479 e. The van der Waals surface area contributed by atoms with E-state index in [9.17, 15) is 4.79 Å². The summed E-state index contributed by atoms with van der Waals surface area (Å²) in [4.78, 5) is 10.8. The smallest absolute Gasteiger partial charge is 0.338 e. The number of carbonyl (C=O) groups is 1. The molecular formula is C12H20O4. The fraction of sp³-hybridized carbons (Fsp3) is 0.917. The highest BCUT2D eigenvalue weighted by molar-refractivity contribution is 5.80. The first-order valence-corrected chi connectivity index (χ1v) is 6.22. The highest BCUT2D eigenvalue weighted by Crippen LogP contribution is 2.32. The molecular weight excluding hydrogens is 208 g/mol. The number of rotatable bonds is 6. The molecule has 2 fully saturated rings. The van der Waals surface area contributed by atoms with E-state index in [1.165, 1.54) is 32.1 Å². The molecule has 4 heteroatoms. The van der Waals surface area contributed by atoms with Crippen molar-refractivity contribution in [2.75, 3.05) is 13.2 Å². The highest BCUT2D eigenvalue weighted by atomic mass is 16.6. The first-order chi connectivity index (χ1) is 7.73.